The van der Waals surface area contributed by atoms with Crippen molar-refractivity contribution in [2.75, 3.05) is 5.32 Å². The molecule has 0 radical (unpaired) electrons. The van der Waals surface area contributed by atoms with E-state index in [4.69, 9.17) is 4.98 Å². The Kier molecular flexibility index (Phi) is 4.90. The third-order valence-electron chi connectivity index (χ3n) is 5.01. The number of hydrogen-bond acceptors (Lipinski definition) is 5. The van der Waals surface area contributed by atoms with E-state index in [1.807, 2.05) is 54.6 Å². The van der Waals surface area contributed by atoms with Crippen LogP contribution in [0.3, 0.4) is 0 Å². The molecule has 0 aliphatic heterocycles. The average Bonchev–Trinajstić information content (AvgIpc) is 3.22. The van der Waals surface area contributed by atoms with Crippen LogP contribution in [0.1, 0.15) is 0 Å². The van der Waals surface area contributed by atoms with Crippen LogP contribution < -0.4 is 5.32 Å². The van der Waals surface area contributed by atoms with Gasteiger partial charge in [-0.15, -0.1) is 0 Å². The monoisotopic (exact) mass is 423 g/mol. The summed E-state index contributed by atoms with van der Waals surface area (Å²) in [5.74, 6) is 0. The van der Waals surface area contributed by atoms with Gasteiger partial charge in [0, 0.05) is 23.4 Å². The van der Waals surface area contributed by atoms with E-state index in [9.17, 15) is 10.1 Å². The van der Waals surface area contributed by atoms with Gasteiger partial charge in [-0.2, -0.15) is 0 Å². The summed E-state index contributed by atoms with van der Waals surface area (Å²) in [5.41, 5.74) is 6.02. The molecule has 150 valence electrons. The van der Waals surface area contributed by atoms with Crippen molar-refractivity contribution in [1.29, 1.82) is 0 Å². The number of nitrogens with zero attached hydrogens (tertiary/aromatic N) is 2. The number of thiazole rings is 1. The number of rotatable bonds is 5. The number of aromatic nitrogens is 1. The maximum absolute atomic E-state index is 11.0. The second-order valence-electron chi connectivity index (χ2n) is 7.05. The highest BCUT2D eigenvalue weighted by molar-refractivity contribution is 7.22. The molecule has 0 bridgehead atoms. The van der Waals surface area contributed by atoms with Crippen LogP contribution in [0.5, 0.6) is 0 Å². The molecule has 31 heavy (non-hydrogen) atoms. The minimum atomic E-state index is -0.385. The van der Waals surface area contributed by atoms with Gasteiger partial charge in [0.15, 0.2) is 5.13 Å². The summed E-state index contributed by atoms with van der Waals surface area (Å²) < 4.78 is 1.09. The number of anilines is 2. The van der Waals surface area contributed by atoms with Crippen molar-refractivity contribution in [1.82, 2.24) is 4.98 Å². The fraction of sp³-hybridized carbons (Fsp3) is 0. The van der Waals surface area contributed by atoms with Crippen LogP contribution >= 0.6 is 11.3 Å². The molecule has 1 N–H and O–H groups in total. The predicted octanol–water partition coefficient (Wildman–Crippen LogP) is 7.28. The lowest BCUT2D eigenvalue weighted by molar-refractivity contribution is -0.384. The lowest BCUT2D eigenvalue weighted by Crippen LogP contribution is -1.88. The number of nitro benzene ring substituents is 1. The number of benzene rings is 4. The highest BCUT2D eigenvalue weighted by Crippen LogP contribution is 2.39. The van der Waals surface area contributed by atoms with E-state index in [-0.39, 0.29) is 10.6 Å². The molecule has 0 amide bonds. The lowest BCUT2D eigenvalue weighted by atomic mass is 9.98. The molecule has 1 heterocycles. The van der Waals surface area contributed by atoms with Crippen LogP contribution in [-0.4, -0.2) is 9.91 Å². The largest absolute Gasteiger partial charge is 0.332 e. The van der Waals surface area contributed by atoms with Gasteiger partial charge in [0.1, 0.15) is 0 Å². The quantitative estimate of drug-likeness (QED) is 0.238. The SMILES string of the molecule is O=[N+]([O-])c1ccc(-c2cc(-c3ccccc3)c3sc(Nc4ccccc4)nc3c2)cc1. The fourth-order valence-corrected chi connectivity index (χ4v) is 4.51. The van der Waals surface area contributed by atoms with Gasteiger partial charge in [-0.3, -0.25) is 10.1 Å². The topological polar surface area (TPSA) is 68.1 Å². The smallest absolute Gasteiger partial charge is 0.269 e. The molecular weight excluding hydrogens is 406 g/mol. The van der Waals surface area contributed by atoms with E-state index in [0.717, 1.165) is 43.3 Å². The Morgan fingerprint density at radius 1 is 0.774 bits per heavy atom. The Balaban J connectivity index is 1.64. The summed E-state index contributed by atoms with van der Waals surface area (Å²) in [6.45, 7) is 0. The maximum atomic E-state index is 11.0. The zero-order valence-corrected chi connectivity index (χ0v) is 17.2. The first-order valence-electron chi connectivity index (χ1n) is 9.74. The summed E-state index contributed by atoms with van der Waals surface area (Å²) >= 11 is 1.61. The Bertz CT molecular complexity index is 1370. The molecule has 5 aromatic rings. The van der Waals surface area contributed by atoms with E-state index in [2.05, 4.69) is 23.5 Å². The summed E-state index contributed by atoms with van der Waals surface area (Å²) in [5, 5.41) is 15.2. The molecule has 0 saturated heterocycles. The van der Waals surface area contributed by atoms with E-state index in [0.29, 0.717) is 0 Å². The van der Waals surface area contributed by atoms with Gasteiger partial charge in [0.25, 0.3) is 5.69 Å². The van der Waals surface area contributed by atoms with Gasteiger partial charge >= 0.3 is 0 Å². The number of nitro groups is 1. The van der Waals surface area contributed by atoms with Crippen LogP contribution in [0.25, 0.3) is 32.5 Å². The average molecular weight is 423 g/mol. The second kappa shape index (κ2) is 8.01. The Morgan fingerprint density at radius 2 is 1.45 bits per heavy atom. The molecule has 0 aliphatic carbocycles. The summed E-state index contributed by atoms with van der Waals surface area (Å²) in [6.07, 6.45) is 0. The fourth-order valence-electron chi connectivity index (χ4n) is 3.51. The summed E-state index contributed by atoms with van der Waals surface area (Å²) in [4.78, 5) is 15.4. The number of non-ortho nitro benzene ring substituents is 1. The molecule has 0 aliphatic rings. The number of hydrogen-bond donors (Lipinski definition) is 1. The first-order valence-corrected chi connectivity index (χ1v) is 10.6. The van der Waals surface area contributed by atoms with Crippen LogP contribution in [-0.2, 0) is 0 Å². The normalized spacial score (nSPS) is 10.8. The van der Waals surface area contributed by atoms with Crippen molar-refractivity contribution in [2.24, 2.45) is 0 Å². The van der Waals surface area contributed by atoms with Crippen LogP contribution in [0, 0.1) is 10.1 Å². The molecule has 0 saturated carbocycles. The van der Waals surface area contributed by atoms with Crippen LogP contribution in [0.2, 0.25) is 0 Å². The molecule has 6 heteroatoms. The highest BCUT2D eigenvalue weighted by Gasteiger charge is 2.14. The lowest BCUT2D eigenvalue weighted by Gasteiger charge is -2.08. The van der Waals surface area contributed by atoms with E-state index >= 15 is 0 Å². The van der Waals surface area contributed by atoms with E-state index in [1.54, 1.807) is 23.5 Å². The Morgan fingerprint density at radius 3 is 2.13 bits per heavy atom. The van der Waals surface area contributed by atoms with Gasteiger partial charge in [0.05, 0.1) is 15.1 Å². The van der Waals surface area contributed by atoms with Crippen molar-refractivity contribution in [2.45, 2.75) is 0 Å². The zero-order chi connectivity index (χ0) is 21.2. The number of nitrogens with one attached hydrogen (secondary N) is 1. The van der Waals surface area contributed by atoms with Gasteiger partial charge in [0.2, 0.25) is 0 Å². The number of fused-ring (bicyclic) bond motifs is 1. The van der Waals surface area contributed by atoms with Crippen molar-refractivity contribution >= 4 is 38.1 Å². The summed E-state index contributed by atoms with van der Waals surface area (Å²) in [7, 11) is 0. The Labute approximate surface area is 182 Å². The maximum Gasteiger partial charge on any atom is 0.269 e. The van der Waals surface area contributed by atoms with Gasteiger partial charge in [-0.05, 0) is 53.1 Å². The number of para-hydroxylation sites is 1. The van der Waals surface area contributed by atoms with E-state index in [1.165, 1.54) is 12.1 Å². The molecule has 5 nitrogen and oxygen atoms in total. The molecular formula is C25H17N3O2S. The van der Waals surface area contributed by atoms with Crippen molar-refractivity contribution < 1.29 is 4.92 Å². The van der Waals surface area contributed by atoms with Crippen LogP contribution in [0.4, 0.5) is 16.5 Å². The van der Waals surface area contributed by atoms with Gasteiger partial charge < -0.3 is 5.32 Å². The van der Waals surface area contributed by atoms with E-state index < -0.39 is 0 Å². The highest BCUT2D eigenvalue weighted by atomic mass is 32.1. The van der Waals surface area contributed by atoms with Crippen molar-refractivity contribution in [3.8, 4) is 22.3 Å². The predicted molar refractivity (Wildman–Crippen MR) is 127 cm³/mol. The molecule has 5 rings (SSSR count). The first-order chi connectivity index (χ1) is 15.2. The molecule has 0 spiro atoms. The molecule has 1 aromatic heterocycles. The third kappa shape index (κ3) is 3.89. The first kappa shape index (κ1) is 19.0. The van der Waals surface area contributed by atoms with Gasteiger partial charge in [-0.1, -0.05) is 59.9 Å². The molecule has 0 atom stereocenters. The molecule has 4 aromatic carbocycles. The molecule has 0 unspecified atom stereocenters. The minimum Gasteiger partial charge on any atom is -0.332 e. The summed E-state index contributed by atoms with van der Waals surface area (Å²) in [6, 6.07) is 30.9. The van der Waals surface area contributed by atoms with Crippen molar-refractivity contribution in [3.63, 3.8) is 0 Å². The minimum absolute atomic E-state index is 0.0797. The third-order valence-corrected chi connectivity index (χ3v) is 6.03. The standard InChI is InChI=1S/C25H17N3O2S/c29-28(30)21-13-11-17(12-14-21)19-15-22(18-7-3-1-4-8-18)24-23(16-19)27-25(31-24)26-20-9-5-2-6-10-20/h1-16H,(H,26,27). The zero-order valence-electron chi connectivity index (χ0n) is 16.4. The Hall–Kier alpha value is -4.03. The van der Waals surface area contributed by atoms with Crippen molar-refractivity contribution in [3.05, 3.63) is 107 Å². The van der Waals surface area contributed by atoms with Gasteiger partial charge in [-0.25, -0.2) is 4.98 Å². The second-order valence-corrected chi connectivity index (χ2v) is 8.05. The van der Waals surface area contributed by atoms with Crippen LogP contribution in [0.15, 0.2) is 97.1 Å². The molecule has 0 fully saturated rings.